The Morgan fingerprint density at radius 1 is 0.556 bits per heavy atom. The smallest absolute Gasteiger partial charge is 0.202 e. The fraction of sp³-hybridized carbons (Fsp3) is 0.417. The van der Waals surface area contributed by atoms with Crippen molar-refractivity contribution in [3.05, 3.63) is 71.3 Å². The number of thiocarbonyl (C=S) groups is 3. The van der Waals surface area contributed by atoms with E-state index in [2.05, 4.69) is 52.7 Å². The normalized spacial score (nSPS) is 11.3. The van der Waals surface area contributed by atoms with Gasteiger partial charge in [-0.1, -0.05) is 20.8 Å². The largest absolute Gasteiger partial charge is 0.503 e. The summed E-state index contributed by atoms with van der Waals surface area (Å²) in [6.45, 7) is 19.8. The lowest BCUT2D eigenvalue weighted by Crippen LogP contribution is -2.47. The van der Waals surface area contributed by atoms with Crippen LogP contribution in [0.2, 0.25) is 0 Å². The molecule has 0 saturated heterocycles. The third kappa shape index (κ3) is 16.8. The first-order valence-electron chi connectivity index (χ1n) is 16.3. The molecule has 0 amide bonds. The van der Waals surface area contributed by atoms with Gasteiger partial charge in [-0.25, -0.2) is 13.2 Å². The number of halogens is 6. The van der Waals surface area contributed by atoms with Crippen LogP contribution < -0.4 is 31.9 Å². The number of hydrogen-bond donors (Lipinski definition) is 9. The zero-order valence-electron chi connectivity index (χ0n) is 31.6. The van der Waals surface area contributed by atoms with Crippen molar-refractivity contribution in [2.24, 2.45) is 5.41 Å². The zero-order valence-corrected chi connectivity index (χ0v) is 34.0. The van der Waals surface area contributed by atoms with Crippen LogP contribution in [0.1, 0.15) is 75.7 Å². The summed E-state index contributed by atoms with van der Waals surface area (Å²) in [5.74, 6) is -9.56. The second kappa shape index (κ2) is 19.9. The van der Waals surface area contributed by atoms with E-state index in [1.165, 1.54) is 18.2 Å². The highest BCUT2D eigenvalue weighted by Gasteiger charge is 2.26. The highest BCUT2D eigenvalue weighted by atomic mass is 32.1. The number of rotatable bonds is 6. The molecule has 0 aliphatic heterocycles. The standard InChI is InChI=1S/C15H22F2N2OS.C11H14F2N2OS.C10H12F2N2OS/c1-14(2,3)8-15(4,5)19-13(21)18-10-7-6-9(16)11(17)12(10)20;1-11(2,3)15-10(17)14-7-5-4-6(12)8(13)9(7)16;1-5(2)13-10(16)14-7-4-3-6(11)8(12)9(7)15/h6-7,20H,8H2,1-5H3,(H2,18,19,21);4-5,16H,1-3H3,(H2,14,15,17);3-5,15H,1-2H3,(H2,13,14,16). The number of benzene rings is 3. The number of phenolic OH excluding ortho intramolecular Hbond substituents is 3. The van der Waals surface area contributed by atoms with Crippen molar-refractivity contribution < 1.29 is 41.7 Å². The Balaban J connectivity index is 0.000000410. The van der Waals surface area contributed by atoms with Gasteiger partial charge in [-0.2, -0.15) is 13.2 Å². The fourth-order valence-electron chi connectivity index (χ4n) is 4.67. The topological polar surface area (TPSA) is 133 Å². The van der Waals surface area contributed by atoms with Gasteiger partial charge in [0.1, 0.15) is 0 Å². The van der Waals surface area contributed by atoms with Gasteiger partial charge in [0, 0.05) is 17.1 Å². The average Bonchev–Trinajstić information content (AvgIpc) is 3.00. The first-order valence-corrected chi connectivity index (χ1v) is 17.5. The summed E-state index contributed by atoms with van der Waals surface area (Å²) in [7, 11) is 0. The molecule has 54 heavy (non-hydrogen) atoms. The highest BCUT2D eigenvalue weighted by Crippen LogP contribution is 2.31. The average molecular weight is 823 g/mol. The van der Waals surface area contributed by atoms with Crippen LogP contribution in [0.3, 0.4) is 0 Å². The molecule has 0 aromatic heterocycles. The maximum Gasteiger partial charge on any atom is 0.202 e. The Bertz CT molecular complexity index is 1800. The van der Waals surface area contributed by atoms with Gasteiger partial charge >= 0.3 is 0 Å². The quantitative estimate of drug-likeness (QED) is 0.0667. The van der Waals surface area contributed by atoms with Crippen molar-refractivity contribution in [2.45, 2.75) is 92.8 Å². The maximum atomic E-state index is 13.3. The zero-order chi connectivity index (χ0) is 41.9. The summed E-state index contributed by atoms with van der Waals surface area (Å²) in [6, 6.07) is 6.52. The molecule has 3 aromatic carbocycles. The van der Waals surface area contributed by atoms with Crippen molar-refractivity contribution in [3.63, 3.8) is 0 Å². The molecule has 9 N–H and O–H groups in total. The van der Waals surface area contributed by atoms with Gasteiger partial charge in [0.25, 0.3) is 0 Å². The van der Waals surface area contributed by atoms with Gasteiger partial charge in [-0.3, -0.25) is 0 Å². The molecule has 3 rings (SSSR count). The van der Waals surface area contributed by atoms with Crippen LogP contribution >= 0.6 is 36.7 Å². The predicted octanol–water partition coefficient (Wildman–Crippen LogP) is 9.29. The van der Waals surface area contributed by atoms with E-state index >= 15 is 0 Å². The van der Waals surface area contributed by atoms with Crippen molar-refractivity contribution in [2.75, 3.05) is 16.0 Å². The highest BCUT2D eigenvalue weighted by molar-refractivity contribution is 7.80. The van der Waals surface area contributed by atoms with Crippen LogP contribution in [0.15, 0.2) is 36.4 Å². The Morgan fingerprint density at radius 3 is 1.17 bits per heavy atom. The van der Waals surface area contributed by atoms with E-state index in [1.807, 2.05) is 48.5 Å². The number of hydrogen-bond acceptors (Lipinski definition) is 6. The Kier molecular flexibility index (Phi) is 17.6. The minimum Gasteiger partial charge on any atom is -0.503 e. The number of aromatic hydroxyl groups is 3. The van der Waals surface area contributed by atoms with Gasteiger partial charge in [0.15, 0.2) is 50.0 Å². The van der Waals surface area contributed by atoms with E-state index in [9.17, 15) is 41.7 Å². The summed E-state index contributed by atoms with van der Waals surface area (Å²) in [4.78, 5) is 0. The second-order valence-electron chi connectivity index (χ2n) is 15.1. The van der Waals surface area contributed by atoms with Gasteiger partial charge in [0.2, 0.25) is 17.5 Å². The summed E-state index contributed by atoms with van der Waals surface area (Å²) in [6.07, 6.45) is 0.853. The van der Waals surface area contributed by atoms with Gasteiger partial charge in [0.05, 0.1) is 17.1 Å². The lowest BCUT2D eigenvalue weighted by molar-refractivity contribution is 0.268. The Morgan fingerprint density at radius 2 is 0.870 bits per heavy atom. The van der Waals surface area contributed by atoms with E-state index in [0.717, 1.165) is 24.6 Å². The van der Waals surface area contributed by atoms with Crippen LogP contribution in [0.25, 0.3) is 0 Å². The van der Waals surface area contributed by atoms with Gasteiger partial charge < -0.3 is 47.2 Å². The Hall–Kier alpha value is -4.29. The van der Waals surface area contributed by atoms with E-state index in [4.69, 9.17) is 36.7 Å². The third-order valence-corrected chi connectivity index (χ3v) is 6.91. The molecule has 0 unspecified atom stereocenters. The molecule has 0 aliphatic carbocycles. The molecule has 0 fully saturated rings. The monoisotopic (exact) mass is 822 g/mol. The Labute approximate surface area is 328 Å². The predicted molar refractivity (Wildman–Crippen MR) is 215 cm³/mol. The van der Waals surface area contributed by atoms with Gasteiger partial charge in [-0.15, -0.1) is 0 Å². The van der Waals surface area contributed by atoms with E-state index in [0.29, 0.717) is 0 Å². The number of phenols is 3. The first kappa shape index (κ1) is 47.7. The van der Waals surface area contributed by atoms with Crippen LogP contribution in [-0.4, -0.2) is 47.8 Å². The van der Waals surface area contributed by atoms with Crippen molar-refractivity contribution >= 4 is 69.1 Å². The van der Waals surface area contributed by atoms with Crippen LogP contribution in [0.4, 0.5) is 43.4 Å². The SMILES string of the molecule is CC(C)(C)CC(C)(C)NC(=S)Nc1ccc(F)c(F)c1O.CC(C)(C)NC(=S)Nc1ccc(F)c(F)c1O.CC(C)NC(=S)Nc1ccc(F)c(F)c1O. The lowest BCUT2D eigenvalue weighted by atomic mass is 9.82. The van der Waals surface area contributed by atoms with Crippen LogP contribution in [-0.2, 0) is 0 Å². The van der Waals surface area contributed by atoms with E-state index in [-0.39, 0.29) is 54.9 Å². The molecule has 0 saturated carbocycles. The molecule has 300 valence electrons. The molecule has 0 spiro atoms. The fourth-order valence-corrected chi connectivity index (χ4v) is 5.82. The minimum atomic E-state index is -1.30. The molecule has 0 atom stereocenters. The lowest BCUT2D eigenvalue weighted by Gasteiger charge is -2.34. The number of nitrogens with one attached hydrogen (secondary N) is 6. The summed E-state index contributed by atoms with van der Waals surface area (Å²) in [5.41, 5.74) is -0.369. The maximum absolute atomic E-state index is 13.3. The molecule has 0 aliphatic rings. The van der Waals surface area contributed by atoms with Crippen LogP contribution in [0.5, 0.6) is 17.2 Å². The third-order valence-electron chi connectivity index (χ3n) is 6.28. The molecule has 9 nitrogen and oxygen atoms in total. The molecule has 0 heterocycles. The van der Waals surface area contributed by atoms with Gasteiger partial charge in [-0.05, 0) is 133 Å². The summed E-state index contributed by atoms with van der Waals surface area (Å²) >= 11 is 15.0. The molecular weight excluding hydrogens is 775 g/mol. The molecule has 18 heteroatoms. The summed E-state index contributed by atoms with van der Waals surface area (Å²) in [5, 5.41) is 45.6. The molecule has 0 bridgehead atoms. The molecule has 0 radical (unpaired) electrons. The second-order valence-corrected chi connectivity index (χ2v) is 16.3. The molecular formula is C36H48F6N6O3S3. The first-order chi connectivity index (χ1) is 24.5. The molecule has 3 aromatic rings. The van der Waals surface area contributed by atoms with Crippen molar-refractivity contribution in [3.8, 4) is 17.2 Å². The van der Waals surface area contributed by atoms with Crippen LogP contribution in [0, 0.1) is 40.3 Å². The number of anilines is 3. The van der Waals surface area contributed by atoms with Crippen molar-refractivity contribution in [1.82, 2.24) is 16.0 Å². The minimum absolute atomic E-state index is 0.0191. The van der Waals surface area contributed by atoms with E-state index < -0.39 is 52.2 Å². The van der Waals surface area contributed by atoms with Crippen molar-refractivity contribution in [1.29, 1.82) is 0 Å². The summed E-state index contributed by atoms with van der Waals surface area (Å²) < 4.78 is 77.7. The van der Waals surface area contributed by atoms with E-state index in [1.54, 1.807) is 0 Å².